The average Bonchev–Trinajstić information content (AvgIpc) is 2.39. The van der Waals surface area contributed by atoms with Gasteiger partial charge in [-0.3, -0.25) is 4.79 Å². The molecule has 0 bridgehead atoms. The lowest BCUT2D eigenvalue weighted by atomic mass is 10.1. The highest BCUT2D eigenvalue weighted by Crippen LogP contribution is 2.21. The smallest absolute Gasteiger partial charge is 0.255 e. The Morgan fingerprint density at radius 1 is 1.14 bits per heavy atom. The lowest BCUT2D eigenvalue weighted by Crippen LogP contribution is -2.13. The van der Waals surface area contributed by atoms with Crippen LogP contribution in [0.5, 0.6) is 0 Å². The first-order chi connectivity index (χ1) is 9.77. The predicted molar refractivity (Wildman–Crippen MR) is 86.4 cm³/mol. The van der Waals surface area contributed by atoms with Crippen molar-refractivity contribution in [2.75, 3.05) is 11.6 Å². The molecule has 0 aromatic heterocycles. The molecule has 2 rings (SSSR count). The maximum atomic E-state index is 12.2. The van der Waals surface area contributed by atoms with Crippen LogP contribution in [-0.4, -0.2) is 20.6 Å². The molecule has 0 heterocycles. The third-order valence-corrected chi connectivity index (χ3v) is 4.56. The van der Waals surface area contributed by atoms with Crippen LogP contribution >= 0.6 is 15.9 Å². The Morgan fingerprint density at radius 3 is 2.43 bits per heavy atom. The second-order valence-corrected chi connectivity index (χ2v) is 7.64. The minimum atomic E-state index is -3.25. The second kappa shape index (κ2) is 5.99. The molecular weight excluding hydrogens is 354 g/mol. The van der Waals surface area contributed by atoms with Crippen LogP contribution in [0.3, 0.4) is 0 Å². The highest BCUT2D eigenvalue weighted by atomic mass is 79.9. The molecule has 110 valence electrons. The number of amides is 1. The number of nitrogens with one attached hydrogen (secondary N) is 1. The maximum Gasteiger partial charge on any atom is 0.255 e. The van der Waals surface area contributed by atoms with Crippen LogP contribution in [0.4, 0.5) is 5.69 Å². The summed E-state index contributed by atoms with van der Waals surface area (Å²) in [4.78, 5) is 12.4. The standard InChI is InChI=1S/C15H14BrNO3S/c1-10-8-13(21(2,19)20)6-7-14(10)17-15(18)11-4-3-5-12(16)9-11/h3-9H,1-2H3,(H,17,18). The molecule has 1 N–H and O–H groups in total. The molecule has 0 unspecified atom stereocenters. The van der Waals surface area contributed by atoms with Crippen molar-refractivity contribution in [3.8, 4) is 0 Å². The molecule has 0 aliphatic carbocycles. The lowest BCUT2D eigenvalue weighted by Gasteiger charge is -2.10. The summed E-state index contributed by atoms with van der Waals surface area (Å²) in [5, 5.41) is 2.78. The molecule has 0 spiro atoms. The van der Waals surface area contributed by atoms with E-state index in [9.17, 15) is 13.2 Å². The number of hydrogen-bond donors (Lipinski definition) is 1. The van der Waals surface area contributed by atoms with E-state index in [0.717, 1.165) is 10.7 Å². The Kier molecular flexibility index (Phi) is 4.49. The van der Waals surface area contributed by atoms with Crippen molar-refractivity contribution in [3.05, 3.63) is 58.1 Å². The Bertz CT molecular complexity index is 800. The van der Waals surface area contributed by atoms with Gasteiger partial charge in [-0.15, -0.1) is 0 Å². The van der Waals surface area contributed by atoms with E-state index in [-0.39, 0.29) is 10.8 Å². The zero-order chi connectivity index (χ0) is 15.6. The number of sulfone groups is 1. The van der Waals surface area contributed by atoms with Gasteiger partial charge < -0.3 is 5.32 Å². The Morgan fingerprint density at radius 2 is 1.86 bits per heavy atom. The van der Waals surface area contributed by atoms with Gasteiger partial charge in [0.1, 0.15) is 0 Å². The SMILES string of the molecule is Cc1cc(S(C)(=O)=O)ccc1NC(=O)c1cccc(Br)c1. The zero-order valence-electron chi connectivity index (χ0n) is 11.6. The number of aryl methyl sites for hydroxylation is 1. The third kappa shape index (κ3) is 3.92. The van der Waals surface area contributed by atoms with Crippen molar-refractivity contribution in [1.82, 2.24) is 0 Å². The van der Waals surface area contributed by atoms with Gasteiger partial charge in [-0.2, -0.15) is 0 Å². The molecule has 0 saturated heterocycles. The topological polar surface area (TPSA) is 63.2 Å². The van der Waals surface area contributed by atoms with Gasteiger partial charge in [-0.1, -0.05) is 22.0 Å². The van der Waals surface area contributed by atoms with Gasteiger partial charge >= 0.3 is 0 Å². The number of anilines is 1. The molecule has 6 heteroatoms. The van der Waals surface area contributed by atoms with Gasteiger partial charge in [-0.25, -0.2) is 8.42 Å². The summed E-state index contributed by atoms with van der Waals surface area (Å²) in [6, 6.07) is 11.7. The van der Waals surface area contributed by atoms with E-state index in [4.69, 9.17) is 0 Å². The highest BCUT2D eigenvalue weighted by Gasteiger charge is 2.11. The fraction of sp³-hybridized carbons (Fsp3) is 0.133. The van der Waals surface area contributed by atoms with Crippen LogP contribution in [0.15, 0.2) is 51.8 Å². The first-order valence-electron chi connectivity index (χ1n) is 6.15. The third-order valence-electron chi connectivity index (χ3n) is 2.96. The van der Waals surface area contributed by atoms with Crippen molar-refractivity contribution < 1.29 is 13.2 Å². The van der Waals surface area contributed by atoms with Crippen molar-refractivity contribution >= 4 is 37.4 Å². The molecule has 21 heavy (non-hydrogen) atoms. The number of carbonyl (C=O) groups is 1. The minimum absolute atomic E-state index is 0.237. The van der Waals surface area contributed by atoms with E-state index in [1.54, 1.807) is 37.3 Å². The van der Waals surface area contributed by atoms with E-state index in [0.29, 0.717) is 16.8 Å². The van der Waals surface area contributed by atoms with Crippen LogP contribution in [0.1, 0.15) is 15.9 Å². The first kappa shape index (κ1) is 15.7. The van der Waals surface area contributed by atoms with Crippen LogP contribution in [0.25, 0.3) is 0 Å². The Balaban J connectivity index is 2.26. The van der Waals surface area contributed by atoms with E-state index < -0.39 is 9.84 Å². The maximum absolute atomic E-state index is 12.2. The summed E-state index contributed by atoms with van der Waals surface area (Å²) in [6.07, 6.45) is 1.15. The molecule has 0 fully saturated rings. The second-order valence-electron chi connectivity index (χ2n) is 4.71. The molecule has 1 amide bonds. The summed E-state index contributed by atoms with van der Waals surface area (Å²) >= 11 is 3.32. The fourth-order valence-corrected chi connectivity index (χ4v) is 2.94. The van der Waals surface area contributed by atoms with E-state index in [2.05, 4.69) is 21.2 Å². The van der Waals surface area contributed by atoms with Crippen molar-refractivity contribution in [1.29, 1.82) is 0 Å². The number of rotatable bonds is 3. The van der Waals surface area contributed by atoms with E-state index in [1.165, 1.54) is 6.07 Å². The lowest BCUT2D eigenvalue weighted by molar-refractivity contribution is 0.102. The number of benzene rings is 2. The number of hydrogen-bond acceptors (Lipinski definition) is 3. The van der Waals surface area contributed by atoms with E-state index >= 15 is 0 Å². The van der Waals surface area contributed by atoms with Gasteiger partial charge in [0, 0.05) is 22.0 Å². The van der Waals surface area contributed by atoms with Crippen molar-refractivity contribution in [3.63, 3.8) is 0 Å². The van der Waals surface area contributed by atoms with Crippen molar-refractivity contribution in [2.45, 2.75) is 11.8 Å². The molecule has 0 aliphatic heterocycles. The summed E-state index contributed by atoms with van der Waals surface area (Å²) in [7, 11) is -3.25. The van der Waals surface area contributed by atoms with Crippen LogP contribution in [0.2, 0.25) is 0 Å². The molecule has 0 aliphatic rings. The molecule has 2 aromatic carbocycles. The van der Waals surface area contributed by atoms with Gasteiger partial charge in [0.15, 0.2) is 9.84 Å². The molecule has 4 nitrogen and oxygen atoms in total. The molecule has 0 atom stereocenters. The van der Waals surface area contributed by atoms with Gasteiger partial charge in [-0.05, 0) is 48.9 Å². The summed E-state index contributed by atoms with van der Waals surface area (Å²) < 4.78 is 23.8. The van der Waals surface area contributed by atoms with Gasteiger partial charge in [0.2, 0.25) is 0 Å². The number of halogens is 1. The average molecular weight is 368 g/mol. The summed E-state index contributed by atoms with van der Waals surface area (Å²) in [6.45, 7) is 1.76. The first-order valence-corrected chi connectivity index (χ1v) is 8.83. The molecular formula is C15H14BrNO3S. The largest absolute Gasteiger partial charge is 0.322 e. The fourth-order valence-electron chi connectivity index (χ4n) is 1.83. The highest BCUT2D eigenvalue weighted by molar-refractivity contribution is 9.10. The summed E-state index contributed by atoms with van der Waals surface area (Å²) in [5.74, 6) is -0.244. The van der Waals surface area contributed by atoms with E-state index in [1.807, 2.05) is 6.07 Å². The zero-order valence-corrected chi connectivity index (χ0v) is 14.0. The molecule has 0 saturated carbocycles. The normalized spacial score (nSPS) is 11.2. The van der Waals surface area contributed by atoms with Gasteiger partial charge in [0.05, 0.1) is 4.90 Å². The minimum Gasteiger partial charge on any atom is -0.322 e. The van der Waals surface area contributed by atoms with Crippen LogP contribution in [-0.2, 0) is 9.84 Å². The van der Waals surface area contributed by atoms with Crippen molar-refractivity contribution in [2.24, 2.45) is 0 Å². The Hall–Kier alpha value is -1.66. The molecule has 2 aromatic rings. The van der Waals surface area contributed by atoms with Crippen LogP contribution in [0, 0.1) is 6.92 Å². The quantitative estimate of drug-likeness (QED) is 0.903. The molecule has 0 radical (unpaired) electrons. The predicted octanol–water partition coefficient (Wildman–Crippen LogP) is 3.41. The summed E-state index contributed by atoms with van der Waals surface area (Å²) in [5.41, 5.74) is 1.81. The number of carbonyl (C=O) groups excluding carboxylic acids is 1. The van der Waals surface area contributed by atoms with Crippen LogP contribution < -0.4 is 5.32 Å². The van der Waals surface area contributed by atoms with Gasteiger partial charge in [0.25, 0.3) is 5.91 Å². The monoisotopic (exact) mass is 367 g/mol. The Labute approximate surface area is 132 Å².